The Morgan fingerprint density at radius 2 is 2.24 bits per heavy atom. The van der Waals surface area contributed by atoms with Gasteiger partial charge in [-0.25, -0.2) is 0 Å². The van der Waals surface area contributed by atoms with Crippen LogP contribution < -0.4 is 16.4 Å². The fraction of sp³-hybridized carbons (Fsp3) is 0.462. The van der Waals surface area contributed by atoms with Crippen molar-refractivity contribution in [3.05, 3.63) is 23.8 Å². The number of nitrogens with one attached hydrogen (secondary N) is 2. The number of nitrogens with zero attached hydrogens (tertiary/aromatic N) is 2. The second-order valence-electron chi connectivity index (χ2n) is 4.77. The summed E-state index contributed by atoms with van der Waals surface area (Å²) in [5.41, 5.74) is 4.47. The molecule has 0 spiro atoms. The number of amides is 1. The molecule has 2 aromatic rings. The van der Waals surface area contributed by atoms with Crippen molar-refractivity contribution in [1.29, 1.82) is 0 Å². The smallest absolute Gasteiger partial charge is 0.241 e. The number of carbonyl (C=O) groups excluding carboxylic acids is 1. The van der Waals surface area contributed by atoms with Gasteiger partial charge in [-0.3, -0.25) is 4.79 Å². The minimum absolute atomic E-state index is 0.333. The van der Waals surface area contributed by atoms with Gasteiger partial charge < -0.3 is 25.3 Å². The van der Waals surface area contributed by atoms with Crippen molar-refractivity contribution in [2.45, 2.75) is 26.4 Å². The second-order valence-corrected chi connectivity index (χ2v) is 4.77. The standard InChI is InChI=1S/C11H14N4O2.C2H5NO/c1-7-2-3-9(16-7)11-14-10(17-15-11)6-13-8-4-12-5-8;1-2(3)4/h2-3,8,12-13H,4-6H2,1H3;1H3,(H2,3,4). The van der Waals surface area contributed by atoms with Crippen LogP contribution in [0.15, 0.2) is 21.1 Å². The number of hydrogen-bond donors (Lipinski definition) is 3. The van der Waals surface area contributed by atoms with Crippen LogP contribution in [0.4, 0.5) is 0 Å². The summed E-state index contributed by atoms with van der Waals surface area (Å²) < 4.78 is 10.6. The van der Waals surface area contributed by atoms with Gasteiger partial charge in [-0.1, -0.05) is 5.16 Å². The molecule has 0 unspecified atom stereocenters. The predicted octanol–water partition coefficient (Wildman–Crippen LogP) is 0.191. The van der Waals surface area contributed by atoms with E-state index in [0.717, 1.165) is 18.8 Å². The van der Waals surface area contributed by atoms with Crippen LogP contribution in [-0.4, -0.2) is 35.2 Å². The summed E-state index contributed by atoms with van der Waals surface area (Å²) in [5.74, 6) is 2.23. The van der Waals surface area contributed by atoms with E-state index in [1.54, 1.807) is 0 Å². The molecule has 3 rings (SSSR count). The summed E-state index contributed by atoms with van der Waals surface area (Å²) in [5, 5.41) is 10.4. The molecule has 0 saturated carbocycles. The average molecular weight is 293 g/mol. The number of primary amides is 1. The van der Waals surface area contributed by atoms with Crippen molar-refractivity contribution in [3.63, 3.8) is 0 Å². The second kappa shape index (κ2) is 7.00. The fourth-order valence-corrected chi connectivity index (χ4v) is 1.65. The quantitative estimate of drug-likeness (QED) is 0.736. The van der Waals surface area contributed by atoms with Crippen LogP contribution in [0.5, 0.6) is 0 Å². The van der Waals surface area contributed by atoms with E-state index in [-0.39, 0.29) is 5.91 Å². The van der Waals surface area contributed by atoms with Crippen molar-refractivity contribution in [2.75, 3.05) is 13.1 Å². The first-order valence-electron chi connectivity index (χ1n) is 6.64. The number of nitrogens with two attached hydrogens (primary N) is 1. The lowest BCUT2D eigenvalue weighted by Gasteiger charge is -2.27. The number of furan rings is 1. The number of rotatable bonds is 4. The predicted molar refractivity (Wildman–Crippen MR) is 75.1 cm³/mol. The zero-order chi connectivity index (χ0) is 15.2. The van der Waals surface area contributed by atoms with Crippen LogP contribution >= 0.6 is 0 Å². The summed E-state index contributed by atoms with van der Waals surface area (Å²) >= 11 is 0. The highest BCUT2D eigenvalue weighted by molar-refractivity contribution is 5.70. The van der Waals surface area contributed by atoms with E-state index < -0.39 is 0 Å². The van der Waals surface area contributed by atoms with E-state index >= 15 is 0 Å². The highest BCUT2D eigenvalue weighted by Gasteiger charge is 2.17. The Kier molecular flexibility index (Phi) is 5.07. The lowest BCUT2D eigenvalue weighted by atomic mass is 10.2. The number of aryl methyl sites for hydroxylation is 1. The van der Waals surface area contributed by atoms with E-state index in [1.165, 1.54) is 6.92 Å². The third kappa shape index (κ3) is 4.69. The van der Waals surface area contributed by atoms with Gasteiger partial charge in [-0.05, 0) is 19.1 Å². The molecule has 0 atom stereocenters. The molecule has 1 aliphatic heterocycles. The monoisotopic (exact) mass is 293 g/mol. The fourth-order valence-electron chi connectivity index (χ4n) is 1.65. The maximum Gasteiger partial charge on any atom is 0.241 e. The molecule has 21 heavy (non-hydrogen) atoms. The molecule has 1 saturated heterocycles. The van der Waals surface area contributed by atoms with Gasteiger partial charge in [-0.15, -0.1) is 0 Å². The molecular formula is C13H19N5O3. The molecule has 0 aromatic carbocycles. The van der Waals surface area contributed by atoms with Crippen LogP contribution in [0, 0.1) is 6.92 Å². The summed E-state index contributed by atoms with van der Waals surface area (Å²) in [6.45, 7) is 5.78. The van der Waals surface area contributed by atoms with Crippen molar-refractivity contribution in [3.8, 4) is 11.6 Å². The van der Waals surface area contributed by atoms with Gasteiger partial charge >= 0.3 is 0 Å². The normalized spacial score (nSPS) is 14.2. The molecule has 3 heterocycles. The van der Waals surface area contributed by atoms with E-state index in [4.69, 9.17) is 8.94 Å². The van der Waals surface area contributed by atoms with E-state index in [0.29, 0.717) is 30.1 Å². The number of hydrogen-bond acceptors (Lipinski definition) is 7. The molecule has 1 amide bonds. The third-order valence-electron chi connectivity index (χ3n) is 2.75. The Hall–Kier alpha value is -2.19. The number of carbonyl (C=O) groups is 1. The molecule has 0 aliphatic carbocycles. The van der Waals surface area contributed by atoms with Crippen molar-refractivity contribution < 1.29 is 13.7 Å². The lowest BCUT2D eigenvalue weighted by molar-refractivity contribution is -0.115. The topological polar surface area (TPSA) is 119 Å². The summed E-state index contributed by atoms with van der Waals surface area (Å²) in [4.78, 5) is 13.5. The van der Waals surface area contributed by atoms with Crippen LogP contribution in [-0.2, 0) is 11.3 Å². The maximum atomic E-state index is 9.22. The van der Waals surface area contributed by atoms with Gasteiger partial charge in [0.25, 0.3) is 0 Å². The van der Waals surface area contributed by atoms with Crippen LogP contribution in [0.25, 0.3) is 11.6 Å². The van der Waals surface area contributed by atoms with E-state index in [9.17, 15) is 4.79 Å². The molecule has 1 fully saturated rings. The molecule has 2 aromatic heterocycles. The highest BCUT2D eigenvalue weighted by atomic mass is 16.5. The van der Waals surface area contributed by atoms with Crippen molar-refractivity contribution in [1.82, 2.24) is 20.8 Å². The van der Waals surface area contributed by atoms with Gasteiger partial charge in [0.2, 0.25) is 17.6 Å². The molecule has 8 heteroatoms. The van der Waals surface area contributed by atoms with Crippen LogP contribution in [0.3, 0.4) is 0 Å². The third-order valence-corrected chi connectivity index (χ3v) is 2.75. The van der Waals surface area contributed by atoms with Gasteiger partial charge in [0, 0.05) is 26.1 Å². The molecule has 0 radical (unpaired) electrons. The van der Waals surface area contributed by atoms with Gasteiger partial charge in [0.1, 0.15) is 5.76 Å². The summed E-state index contributed by atoms with van der Waals surface area (Å²) in [6, 6.07) is 4.23. The minimum atomic E-state index is -0.333. The zero-order valence-corrected chi connectivity index (χ0v) is 12.0. The first-order valence-corrected chi connectivity index (χ1v) is 6.64. The molecule has 0 bridgehead atoms. The highest BCUT2D eigenvalue weighted by Crippen LogP contribution is 2.18. The molecule has 1 aliphatic rings. The Morgan fingerprint density at radius 3 is 2.76 bits per heavy atom. The molecular weight excluding hydrogens is 274 g/mol. The largest absolute Gasteiger partial charge is 0.458 e. The lowest BCUT2D eigenvalue weighted by Crippen LogP contribution is -2.55. The van der Waals surface area contributed by atoms with Gasteiger partial charge in [0.05, 0.1) is 6.54 Å². The summed E-state index contributed by atoms with van der Waals surface area (Å²) in [7, 11) is 0. The molecule has 114 valence electrons. The Morgan fingerprint density at radius 1 is 1.52 bits per heavy atom. The Bertz CT molecular complexity index is 584. The zero-order valence-electron chi connectivity index (χ0n) is 12.0. The first kappa shape index (κ1) is 15.2. The molecule has 8 nitrogen and oxygen atoms in total. The first-order chi connectivity index (χ1) is 10.0. The molecule has 4 N–H and O–H groups in total. The van der Waals surface area contributed by atoms with Gasteiger partial charge in [-0.2, -0.15) is 4.98 Å². The summed E-state index contributed by atoms with van der Waals surface area (Å²) in [6.07, 6.45) is 0. The maximum absolute atomic E-state index is 9.22. The Balaban J connectivity index is 0.000000361. The van der Waals surface area contributed by atoms with Crippen LogP contribution in [0.1, 0.15) is 18.6 Å². The van der Waals surface area contributed by atoms with E-state index in [1.807, 2.05) is 19.1 Å². The van der Waals surface area contributed by atoms with Gasteiger partial charge in [0.15, 0.2) is 5.76 Å². The minimum Gasteiger partial charge on any atom is -0.458 e. The van der Waals surface area contributed by atoms with Crippen molar-refractivity contribution in [2.24, 2.45) is 5.73 Å². The average Bonchev–Trinajstić information content (AvgIpc) is 2.95. The Labute approximate surface area is 122 Å². The van der Waals surface area contributed by atoms with E-state index in [2.05, 4.69) is 26.5 Å². The number of aromatic nitrogens is 2. The SMILES string of the molecule is CC(N)=O.Cc1ccc(-c2noc(CNC3CNC3)n2)o1. The van der Waals surface area contributed by atoms with Crippen LogP contribution in [0.2, 0.25) is 0 Å². The van der Waals surface area contributed by atoms with Crippen molar-refractivity contribution >= 4 is 5.91 Å².